The number of sulfonamides is 1. The number of piperidine rings is 1. The smallest absolute Gasteiger partial charge is 0.321 e. The fraction of sp³-hybridized carbons (Fsp3) is 0.650. The predicted molar refractivity (Wildman–Crippen MR) is 109 cm³/mol. The molecule has 150 valence electrons. The van der Waals surface area contributed by atoms with Gasteiger partial charge in [-0.05, 0) is 88.1 Å². The molecular weight excluding hydrogens is 362 g/mol. The van der Waals surface area contributed by atoms with E-state index in [4.69, 9.17) is 0 Å². The Morgan fingerprint density at radius 3 is 2.41 bits per heavy atom. The number of likely N-dealkylation sites (tertiary alicyclic amines) is 1. The Balaban J connectivity index is 1.60. The topological polar surface area (TPSA) is 78.5 Å². The average Bonchev–Trinajstić information content (AvgIpc) is 3.10. The van der Waals surface area contributed by atoms with Crippen LogP contribution in [-0.4, -0.2) is 43.7 Å². The maximum absolute atomic E-state index is 12.7. The monoisotopic (exact) mass is 393 g/mol. The van der Waals surface area contributed by atoms with E-state index in [1.807, 2.05) is 0 Å². The van der Waals surface area contributed by atoms with Crippen molar-refractivity contribution in [3.63, 3.8) is 0 Å². The normalized spacial score (nSPS) is 18.0. The van der Waals surface area contributed by atoms with Crippen LogP contribution in [0.4, 0.5) is 10.5 Å². The Kier molecular flexibility index (Phi) is 5.82. The van der Waals surface area contributed by atoms with Crippen molar-refractivity contribution in [2.45, 2.75) is 71.1 Å². The third kappa shape index (κ3) is 4.29. The molecule has 0 saturated carbocycles. The van der Waals surface area contributed by atoms with Crippen LogP contribution in [-0.2, 0) is 22.9 Å². The summed E-state index contributed by atoms with van der Waals surface area (Å²) in [5.41, 5.74) is 6.18. The first kappa shape index (κ1) is 20.1. The van der Waals surface area contributed by atoms with Crippen LogP contribution in [0.15, 0.2) is 6.07 Å². The van der Waals surface area contributed by atoms with Crippen LogP contribution in [0.25, 0.3) is 0 Å². The maximum atomic E-state index is 12.7. The quantitative estimate of drug-likeness (QED) is 0.825. The summed E-state index contributed by atoms with van der Waals surface area (Å²) in [4.78, 5) is 14.5. The number of urea groups is 1. The van der Waals surface area contributed by atoms with Crippen molar-refractivity contribution in [2.75, 3.05) is 18.4 Å². The van der Waals surface area contributed by atoms with Crippen molar-refractivity contribution >= 4 is 21.7 Å². The highest BCUT2D eigenvalue weighted by Gasteiger charge is 2.28. The van der Waals surface area contributed by atoms with E-state index in [2.05, 4.69) is 30.0 Å². The molecule has 0 radical (unpaired) electrons. The molecule has 3 rings (SSSR count). The zero-order chi connectivity index (χ0) is 19.8. The van der Waals surface area contributed by atoms with Crippen molar-refractivity contribution < 1.29 is 13.2 Å². The van der Waals surface area contributed by atoms with Gasteiger partial charge in [-0.2, -0.15) is 0 Å². The van der Waals surface area contributed by atoms with Gasteiger partial charge in [-0.25, -0.2) is 17.9 Å². The summed E-state index contributed by atoms with van der Waals surface area (Å²) in [6.45, 7) is 8.66. The van der Waals surface area contributed by atoms with E-state index in [-0.39, 0.29) is 12.1 Å². The van der Waals surface area contributed by atoms with Crippen LogP contribution in [0.5, 0.6) is 0 Å². The van der Waals surface area contributed by atoms with Crippen molar-refractivity contribution in [2.24, 2.45) is 0 Å². The van der Waals surface area contributed by atoms with Gasteiger partial charge in [0.15, 0.2) is 0 Å². The van der Waals surface area contributed by atoms with Gasteiger partial charge < -0.3 is 10.2 Å². The zero-order valence-corrected chi connectivity index (χ0v) is 17.6. The van der Waals surface area contributed by atoms with Crippen LogP contribution < -0.4 is 10.0 Å². The number of carbonyl (C=O) groups is 1. The van der Waals surface area contributed by atoms with Crippen molar-refractivity contribution in [3.8, 4) is 0 Å². The number of hydrogen-bond acceptors (Lipinski definition) is 3. The Morgan fingerprint density at radius 1 is 1.15 bits per heavy atom. The summed E-state index contributed by atoms with van der Waals surface area (Å²) in [5.74, 6) is 0. The van der Waals surface area contributed by atoms with Crippen LogP contribution in [0.3, 0.4) is 0 Å². The summed E-state index contributed by atoms with van der Waals surface area (Å²) < 4.78 is 26.8. The first-order valence-corrected chi connectivity index (χ1v) is 11.4. The Hall–Kier alpha value is -1.60. The van der Waals surface area contributed by atoms with E-state index in [0.29, 0.717) is 25.9 Å². The Bertz CT molecular complexity index is 825. The number of fused-ring (bicyclic) bond motifs is 1. The van der Waals surface area contributed by atoms with Gasteiger partial charge in [0.2, 0.25) is 10.0 Å². The standard InChI is InChI=1S/C20H31N3O3S/c1-13(2)27(25,26)22-16-8-10-23(11-9-16)20(24)21-19-12-14(3)17-6-5-7-18(17)15(19)4/h12-13,16,22H,5-11H2,1-4H3,(H,21,24). The van der Waals surface area contributed by atoms with E-state index >= 15 is 0 Å². The molecule has 1 saturated heterocycles. The number of nitrogens with one attached hydrogen (secondary N) is 2. The van der Waals surface area contributed by atoms with E-state index in [1.54, 1.807) is 18.7 Å². The fourth-order valence-corrected chi connectivity index (χ4v) is 5.03. The van der Waals surface area contributed by atoms with Gasteiger partial charge in [-0.15, -0.1) is 0 Å². The lowest BCUT2D eigenvalue weighted by Gasteiger charge is -2.32. The van der Waals surface area contributed by atoms with E-state index in [9.17, 15) is 13.2 Å². The van der Waals surface area contributed by atoms with Gasteiger partial charge in [0.25, 0.3) is 0 Å². The van der Waals surface area contributed by atoms with E-state index < -0.39 is 15.3 Å². The van der Waals surface area contributed by atoms with Gasteiger partial charge in [-0.1, -0.05) is 0 Å². The third-order valence-electron chi connectivity index (χ3n) is 5.89. The highest BCUT2D eigenvalue weighted by molar-refractivity contribution is 7.90. The molecule has 1 aromatic carbocycles. The molecule has 1 aliphatic heterocycles. The van der Waals surface area contributed by atoms with Crippen molar-refractivity contribution in [1.29, 1.82) is 0 Å². The number of anilines is 1. The van der Waals surface area contributed by atoms with Crippen LogP contribution in [0.2, 0.25) is 0 Å². The number of hydrogen-bond donors (Lipinski definition) is 2. The first-order valence-electron chi connectivity index (χ1n) is 9.88. The van der Waals surface area contributed by atoms with Crippen molar-refractivity contribution in [3.05, 3.63) is 28.3 Å². The number of nitrogens with zero attached hydrogens (tertiary/aromatic N) is 1. The first-order chi connectivity index (χ1) is 12.7. The van der Waals surface area contributed by atoms with Crippen LogP contribution >= 0.6 is 0 Å². The molecule has 0 unspecified atom stereocenters. The number of rotatable bonds is 4. The second-order valence-electron chi connectivity index (χ2n) is 8.08. The number of amides is 2. The minimum Gasteiger partial charge on any atom is -0.324 e. The third-order valence-corrected chi connectivity index (χ3v) is 7.79. The molecule has 0 bridgehead atoms. The molecule has 1 fully saturated rings. The average molecular weight is 394 g/mol. The summed E-state index contributed by atoms with van der Waals surface area (Å²) in [5, 5.41) is 2.64. The predicted octanol–water partition coefficient (Wildman–Crippen LogP) is 3.12. The molecule has 2 N–H and O–H groups in total. The number of benzene rings is 1. The van der Waals surface area contributed by atoms with Crippen molar-refractivity contribution in [1.82, 2.24) is 9.62 Å². The van der Waals surface area contributed by atoms with Gasteiger partial charge in [0, 0.05) is 24.8 Å². The van der Waals surface area contributed by atoms with E-state index in [0.717, 1.165) is 18.5 Å². The lowest BCUT2D eigenvalue weighted by atomic mass is 9.98. The Morgan fingerprint density at radius 2 is 1.78 bits per heavy atom. The van der Waals surface area contributed by atoms with Gasteiger partial charge in [0.1, 0.15) is 0 Å². The molecule has 27 heavy (non-hydrogen) atoms. The lowest BCUT2D eigenvalue weighted by molar-refractivity contribution is 0.193. The second kappa shape index (κ2) is 7.80. The molecule has 0 aromatic heterocycles. The molecule has 0 spiro atoms. The fourth-order valence-electron chi connectivity index (χ4n) is 4.06. The Labute approximate surface area is 162 Å². The summed E-state index contributed by atoms with van der Waals surface area (Å²) in [6.07, 6.45) is 4.69. The van der Waals surface area contributed by atoms with Crippen LogP contribution in [0, 0.1) is 13.8 Å². The van der Waals surface area contributed by atoms with Gasteiger partial charge in [-0.3, -0.25) is 0 Å². The maximum Gasteiger partial charge on any atom is 0.321 e. The van der Waals surface area contributed by atoms with E-state index in [1.165, 1.54) is 28.7 Å². The highest BCUT2D eigenvalue weighted by atomic mass is 32.2. The zero-order valence-electron chi connectivity index (χ0n) is 16.8. The summed E-state index contributed by atoms with van der Waals surface area (Å²) in [7, 11) is -3.27. The molecule has 7 heteroatoms. The number of carbonyl (C=O) groups excluding carboxylic acids is 1. The summed E-state index contributed by atoms with van der Waals surface area (Å²) >= 11 is 0. The lowest BCUT2D eigenvalue weighted by Crippen LogP contribution is -2.48. The second-order valence-corrected chi connectivity index (χ2v) is 10.3. The van der Waals surface area contributed by atoms with Gasteiger partial charge >= 0.3 is 6.03 Å². The molecule has 1 aromatic rings. The molecule has 0 atom stereocenters. The molecule has 1 aliphatic carbocycles. The minimum absolute atomic E-state index is 0.0922. The molecule has 2 aliphatic rings. The number of aryl methyl sites for hydroxylation is 1. The highest BCUT2D eigenvalue weighted by Crippen LogP contribution is 2.33. The largest absolute Gasteiger partial charge is 0.324 e. The summed E-state index contributed by atoms with van der Waals surface area (Å²) in [6, 6.07) is 1.90. The molecular formula is C20H31N3O3S. The van der Waals surface area contributed by atoms with Gasteiger partial charge in [0.05, 0.1) is 5.25 Å². The van der Waals surface area contributed by atoms with Crippen LogP contribution in [0.1, 0.15) is 55.4 Å². The molecule has 6 nitrogen and oxygen atoms in total. The SMILES string of the molecule is Cc1cc(NC(=O)N2CCC(NS(=O)(=O)C(C)C)CC2)c(C)c2c1CCC2. The molecule has 1 heterocycles. The minimum atomic E-state index is -3.27. The molecule has 2 amide bonds.